The van der Waals surface area contributed by atoms with Gasteiger partial charge in [0, 0.05) is 18.0 Å². The number of fused-ring (bicyclic) bond motifs is 1. The molecule has 4 unspecified atom stereocenters. The summed E-state index contributed by atoms with van der Waals surface area (Å²) in [6, 6.07) is 12.5. The Kier molecular flexibility index (Phi) is 6.37. The van der Waals surface area contributed by atoms with E-state index >= 15 is 0 Å². The third kappa shape index (κ3) is 4.50. The zero-order valence-electron chi connectivity index (χ0n) is 18.0. The van der Waals surface area contributed by atoms with E-state index in [2.05, 4.69) is 57.4 Å². The Balaban J connectivity index is 1.24. The molecule has 32 heavy (non-hydrogen) atoms. The first kappa shape index (κ1) is 21.7. The minimum Gasteiger partial charge on any atom is -0.351 e. The summed E-state index contributed by atoms with van der Waals surface area (Å²) >= 11 is 3.24. The molecule has 3 aliphatic heterocycles. The first-order valence-corrected chi connectivity index (χ1v) is 12.9. The molecular weight excluding hydrogens is 440 g/mol. The van der Waals surface area contributed by atoms with Crippen molar-refractivity contribution in [3.05, 3.63) is 63.2 Å². The molecule has 5 rings (SSSR count). The van der Waals surface area contributed by atoms with Gasteiger partial charge in [-0.3, -0.25) is 19.8 Å². The van der Waals surface area contributed by atoms with Crippen LogP contribution in [0.5, 0.6) is 0 Å². The Labute approximate surface area is 196 Å². The molecule has 2 fully saturated rings. The molecule has 0 radical (unpaired) electrons. The van der Waals surface area contributed by atoms with Crippen molar-refractivity contribution in [1.29, 1.82) is 0 Å². The molecule has 0 saturated carbocycles. The molecule has 0 aliphatic carbocycles. The molecule has 2 saturated heterocycles. The van der Waals surface area contributed by atoms with E-state index in [9.17, 15) is 9.59 Å². The van der Waals surface area contributed by atoms with Crippen LogP contribution in [-0.2, 0) is 16.1 Å². The number of aryl methyl sites for hydroxylation is 1. The molecule has 4 heterocycles. The van der Waals surface area contributed by atoms with Gasteiger partial charge in [-0.25, -0.2) is 0 Å². The Hall–Kier alpha value is -2.13. The van der Waals surface area contributed by atoms with Crippen LogP contribution in [0, 0.1) is 12.8 Å². The molecule has 2 amide bonds. The van der Waals surface area contributed by atoms with Crippen molar-refractivity contribution in [2.75, 3.05) is 13.1 Å². The van der Waals surface area contributed by atoms with Crippen molar-refractivity contribution in [1.82, 2.24) is 20.9 Å². The number of carbonyl (C=O) groups is 2. The Morgan fingerprint density at radius 2 is 2.09 bits per heavy atom. The predicted octanol–water partition coefficient (Wildman–Crippen LogP) is 2.91. The Morgan fingerprint density at radius 3 is 2.88 bits per heavy atom. The average Bonchev–Trinajstić information content (AvgIpc) is 3.48. The van der Waals surface area contributed by atoms with Gasteiger partial charge in [-0.2, -0.15) is 0 Å². The second kappa shape index (κ2) is 9.39. The van der Waals surface area contributed by atoms with Gasteiger partial charge < -0.3 is 10.6 Å². The molecular formula is C24H28N4O2S2. The number of likely N-dealkylation sites (tertiary alicyclic amines) is 1. The topological polar surface area (TPSA) is 73.5 Å². The third-order valence-electron chi connectivity index (χ3n) is 6.44. The van der Waals surface area contributed by atoms with Crippen LogP contribution in [0.4, 0.5) is 0 Å². The highest BCUT2D eigenvalue weighted by atomic mass is 32.2. The molecule has 2 aromatic rings. The van der Waals surface area contributed by atoms with Gasteiger partial charge in [0.25, 0.3) is 0 Å². The van der Waals surface area contributed by atoms with Crippen LogP contribution < -0.4 is 16.0 Å². The van der Waals surface area contributed by atoms with Crippen LogP contribution in [-0.4, -0.2) is 47.4 Å². The molecule has 3 aliphatic rings. The van der Waals surface area contributed by atoms with Crippen molar-refractivity contribution >= 4 is 40.5 Å². The van der Waals surface area contributed by atoms with Gasteiger partial charge >= 0.3 is 0 Å². The first-order chi connectivity index (χ1) is 15.6. The number of piperidine rings is 1. The number of rotatable bonds is 5. The number of nitrogens with one attached hydrogen (secondary N) is 3. The van der Waals surface area contributed by atoms with Gasteiger partial charge in [0.15, 0.2) is 0 Å². The molecule has 1 aromatic heterocycles. The van der Waals surface area contributed by atoms with E-state index in [1.165, 1.54) is 11.1 Å². The van der Waals surface area contributed by atoms with Crippen LogP contribution in [0.3, 0.4) is 0 Å². The van der Waals surface area contributed by atoms with Gasteiger partial charge in [-0.1, -0.05) is 35.9 Å². The van der Waals surface area contributed by atoms with Crippen LogP contribution in [0.25, 0.3) is 5.57 Å². The minimum absolute atomic E-state index is 0.0329. The summed E-state index contributed by atoms with van der Waals surface area (Å²) in [6.07, 6.45) is 1.56. The minimum atomic E-state index is -0.260. The summed E-state index contributed by atoms with van der Waals surface area (Å²) in [5.41, 5.74) is 3.55. The number of hydrogen-bond donors (Lipinski definition) is 3. The lowest BCUT2D eigenvalue weighted by atomic mass is 9.94. The van der Waals surface area contributed by atoms with E-state index in [-0.39, 0.29) is 35.3 Å². The smallest absolute Gasteiger partial charge is 0.237 e. The van der Waals surface area contributed by atoms with Crippen LogP contribution in [0.1, 0.15) is 28.8 Å². The molecule has 3 N–H and O–H groups in total. The van der Waals surface area contributed by atoms with Gasteiger partial charge in [-0.05, 0) is 47.8 Å². The number of thiophene rings is 1. The fraction of sp³-hybridized carbons (Fsp3) is 0.417. The van der Waals surface area contributed by atoms with Crippen molar-refractivity contribution in [2.24, 2.45) is 5.92 Å². The SMILES string of the molecule is Cc1ccc(C2=CSC3C(=O)NC(N4CCCC(C(=O)NCc5cccs5)C4)NC23)cc1. The maximum Gasteiger partial charge on any atom is 0.237 e. The lowest BCUT2D eigenvalue weighted by Crippen LogP contribution is -2.69. The number of amides is 2. The standard InChI is InChI=1S/C24H28N4O2S2/c1-15-6-8-16(9-7-15)19-14-32-21-20(19)26-24(27-23(21)30)28-10-2-4-17(13-28)22(29)25-12-18-5-3-11-31-18/h3,5-9,11,14,17,20-21,24,26H,2,4,10,12-13H2,1H3,(H,25,29)(H,27,30). The summed E-state index contributed by atoms with van der Waals surface area (Å²) in [7, 11) is 0. The number of hydrogen-bond acceptors (Lipinski definition) is 6. The van der Waals surface area contributed by atoms with Crippen LogP contribution in [0.15, 0.2) is 47.2 Å². The van der Waals surface area contributed by atoms with E-state index in [4.69, 9.17) is 0 Å². The average molecular weight is 469 g/mol. The van der Waals surface area contributed by atoms with Gasteiger partial charge in [0.1, 0.15) is 11.5 Å². The molecule has 1 aromatic carbocycles. The highest BCUT2D eigenvalue weighted by molar-refractivity contribution is 8.04. The van der Waals surface area contributed by atoms with Gasteiger partial charge in [-0.15, -0.1) is 23.1 Å². The number of carbonyl (C=O) groups excluding carboxylic acids is 2. The fourth-order valence-electron chi connectivity index (χ4n) is 4.66. The largest absolute Gasteiger partial charge is 0.351 e. The second-order valence-corrected chi connectivity index (χ2v) is 10.7. The highest BCUT2D eigenvalue weighted by Crippen LogP contribution is 2.38. The molecule has 8 heteroatoms. The first-order valence-electron chi connectivity index (χ1n) is 11.1. The lowest BCUT2D eigenvalue weighted by Gasteiger charge is -2.43. The molecule has 168 valence electrons. The predicted molar refractivity (Wildman–Crippen MR) is 130 cm³/mol. The second-order valence-electron chi connectivity index (χ2n) is 8.68. The zero-order chi connectivity index (χ0) is 22.1. The van der Waals surface area contributed by atoms with Crippen molar-refractivity contribution in [2.45, 2.75) is 43.9 Å². The summed E-state index contributed by atoms with van der Waals surface area (Å²) in [4.78, 5) is 29.0. The molecule has 6 nitrogen and oxygen atoms in total. The number of benzene rings is 1. The lowest BCUT2D eigenvalue weighted by molar-refractivity contribution is -0.129. The van der Waals surface area contributed by atoms with Gasteiger partial charge in [0.05, 0.1) is 18.5 Å². The number of nitrogens with zero attached hydrogens (tertiary/aromatic N) is 1. The Morgan fingerprint density at radius 1 is 1.25 bits per heavy atom. The quantitative estimate of drug-likeness (QED) is 0.629. The van der Waals surface area contributed by atoms with Crippen molar-refractivity contribution in [3.8, 4) is 0 Å². The summed E-state index contributed by atoms with van der Waals surface area (Å²) in [6.45, 7) is 4.16. The monoisotopic (exact) mass is 468 g/mol. The van der Waals surface area contributed by atoms with Crippen LogP contribution >= 0.6 is 23.1 Å². The van der Waals surface area contributed by atoms with Crippen LogP contribution in [0.2, 0.25) is 0 Å². The summed E-state index contributed by atoms with van der Waals surface area (Å²) in [5.74, 6) is 0.0939. The summed E-state index contributed by atoms with van der Waals surface area (Å²) in [5, 5.41) is 13.9. The molecule has 4 atom stereocenters. The van der Waals surface area contributed by atoms with Gasteiger partial charge in [0.2, 0.25) is 11.8 Å². The van der Waals surface area contributed by atoms with E-state index in [1.807, 2.05) is 17.5 Å². The van der Waals surface area contributed by atoms with E-state index in [0.29, 0.717) is 13.1 Å². The fourth-order valence-corrected chi connectivity index (χ4v) is 6.45. The van der Waals surface area contributed by atoms with Crippen molar-refractivity contribution < 1.29 is 9.59 Å². The normalized spacial score (nSPS) is 28.0. The molecule has 0 spiro atoms. The van der Waals surface area contributed by atoms with E-state index in [1.54, 1.807) is 23.1 Å². The number of thioether (sulfide) groups is 1. The summed E-state index contributed by atoms with van der Waals surface area (Å²) < 4.78 is 0. The van der Waals surface area contributed by atoms with E-state index in [0.717, 1.165) is 29.8 Å². The Bertz CT molecular complexity index is 1010. The van der Waals surface area contributed by atoms with Crippen molar-refractivity contribution in [3.63, 3.8) is 0 Å². The maximum atomic E-state index is 12.9. The maximum absolute atomic E-state index is 12.9. The zero-order valence-corrected chi connectivity index (χ0v) is 19.7. The van der Waals surface area contributed by atoms with E-state index < -0.39 is 0 Å². The molecule has 0 bridgehead atoms. The highest BCUT2D eigenvalue weighted by Gasteiger charge is 2.44. The third-order valence-corrected chi connectivity index (χ3v) is 8.49.